The van der Waals surface area contributed by atoms with Crippen LogP contribution in [0.3, 0.4) is 0 Å². The Morgan fingerprint density at radius 2 is 1.37 bits per heavy atom. The lowest BCUT2D eigenvalue weighted by Gasteiger charge is -2.18. The molecule has 158 valence electrons. The van der Waals surface area contributed by atoms with Crippen molar-refractivity contribution in [3.05, 3.63) is 59.7 Å². The second kappa shape index (κ2) is 9.82. The number of hydrogen-bond acceptors (Lipinski definition) is 4. The molecule has 0 saturated heterocycles. The van der Waals surface area contributed by atoms with Crippen molar-refractivity contribution in [2.24, 2.45) is 5.10 Å². The molecule has 2 aromatic rings. The molecule has 0 fully saturated rings. The zero-order valence-corrected chi connectivity index (χ0v) is 18.0. The Morgan fingerprint density at radius 3 is 1.87 bits per heavy atom. The lowest BCUT2D eigenvalue weighted by molar-refractivity contribution is -0.115. The van der Waals surface area contributed by atoms with E-state index in [1.807, 2.05) is 12.1 Å². The van der Waals surface area contributed by atoms with Crippen LogP contribution in [0, 0.1) is 0 Å². The van der Waals surface area contributed by atoms with Crippen molar-refractivity contribution < 1.29 is 14.4 Å². The molecule has 0 aromatic heterocycles. The summed E-state index contributed by atoms with van der Waals surface area (Å²) in [6.45, 7) is 9.43. The molecule has 0 aliphatic heterocycles. The molecule has 0 saturated carbocycles. The third-order valence-corrected chi connectivity index (χ3v) is 4.27. The fourth-order valence-electron chi connectivity index (χ4n) is 2.65. The van der Waals surface area contributed by atoms with Gasteiger partial charge in [0.05, 0.1) is 6.42 Å². The predicted octanol–water partition coefficient (Wildman–Crippen LogP) is 4.08. The summed E-state index contributed by atoms with van der Waals surface area (Å²) in [5, 5.41) is 9.41. The summed E-state index contributed by atoms with van der Waals surface area (Å²) in [6, 6.07) is 14.2. The van der Waals surface area contributed by atoms with Crippen molar-refractivity contribution >= 4 is 34.8 Å². The van der Waals surface area contributed by atoms with Crippen LogP contribution in [0.15, 0.2) is 53.6 Å². The Bertz CT molecular complexity index is 940. The monoisotopic (exact) mass is 408 g/mol. The van der Waals surface area contributed by atoms with Gasteiger partial charge in [-0.3, -0.25) is 14.4 Å². The highest BCUT2D eigenvalue weighted by Crippen LogP contribution is 2.22. The minimum atomic E-state index is -0.330. The maximum Gasteiger partial charge on any atom is 0.271 e. The molecule has 0 atom stereocenters. The number of nitrogens with zero attached hydrogens (tertiary/aromatic N) is 1. The lowest BCUT2D eigenvalue weighted by atomic mass is 9.87. The summed E-state index contributed by atoms with van der Waals surface area (Å²) in [7, 11) is 0. The topological polar surface area (TPSA) is 99.7 Å². The summed E-state index contributed by atoms with van der Waals surface area (Å²) in [4.78, 5) is 35.4. The van der Waals surface area contributed by atoms with Crippen LogP contribution in [0.4, 0.5) is 11.4 Å². The molecule has 0 aliphatic rings. The first-order chi connectivity index (χ1) is 14.0. The quantitative estimate of drug-likeness (QED) is 0.496. The van der Waals surface area contributed by atoms with Gasteiger partial charge in [0, 0.05) is 29.6 Å². The Balaban J connectivity index is 1.87. The molecule has 3 N–H and O–H groups in total. The largest absolute Gasteiger partial charge is 0.326 e. The molecular formula is C23H28N4O3. The lowest BCUT2D eigenvalue weighted by Crippen LogP contribution is -2.21. The van der Waals surface area contributed by atoms with E-state index >= 15 is 0 Å². The number of anilines is 2. The summed E-state index contributed by atoms with van der Waals surface area (Å²) >= 11 is 0. The number of benzene rings is 2. The Labute approximate surface area is 177 Å². The van der Waals surface area contributed by atoms with Crippen molar-refractivity contribution in [3.8, 4) is 0 Å². The van der Waals surface area contributed by atoms with Gasteiger partial charge in [-0.2, -0.15) is 5.10 Å². The first kappa shape index (κ1) is 22.8. The van der Waals surface area contributed by atoms with Gasteiger partial charge in [-0.15, -0.1) is 0 Å². The second-order valence-corrected chi connectivity index (χ2v) is 8.10. The molecular weight excluding hydrogens is 380 g/mol. The zero-order valence-electron chi connectivity index (χ0n) is 18.0. The van der Waals surface area contributed by atoms with E-state index < -0.39 is 0 Å². The number of carbonyl (C=O) groups is 3. The molecule has 0 bridgehead atoms. The zero-order chi connectivity index (χ0) is 22.3. The number of hydrogen-bond donors (Lipinski definition) is 3. The van der Waals surface area contributed by atoms with Crippen molar-refractivity contribution in [1.82, 2.24) is 5.43 Å². The van der Waals surface area contributed by atoms with Gasteiger partial charge in [-0.25, -0.2) is 5.43 Å². The highest BCUT2D eigenvalue weighted by molar-refractivity contribution is 6.06. The molecule has 3 amide bonds. The summed E-state index contributed by atoms with van der Waals surface area (Å²) in [5.41, 5.74) is 5.86. The van der Waals surface area contributed by atoms with Gasteiger partial charge in [0.1, 0.15) is 0 Å². The molecule has 30 heavy (non-hydrogen) atoms. The third kappa shape index (κ3) is 7.16. The molecule has 2 aromatic carbocycles. The first-order valence-corrected chi connectivity index (χ1v) is 9.66. The van der Waals surface area contributed by atoms with Crippen LogP contribution >= 0.6 is 0 Å². The van der Waals surface area contributed by atoms with Crippen LogP contribution < -0.4 is 16.1 Å². The van der Waals surface area contributed by atoms with Gasteiger partial charge in [0.2, 0.25) is 11.8 Å². The summed E-state index contributed by atoms with van der Waals surface area (Å²) in [6.07, 6.45) is 0.0384. The molecule has 7 heteroatoms. The van der Waals surface area contributed by atoms with Gasteiger partial charge in [-0.05, 0) is 54.3 Å². The van der Waals surface area contributed by atoms with Gasteiger partial charge in [-0.1, -0.05) is 32.9 Å². The molecule has 0 heterocycles. The highest BCUT2D eigenvalue weighted by Gasteiger charge is 2.14. The highest BCUT2D eigenvalue weighted by atomic mass is 16.2. The van der Waals surface area contributed by atoms with Gasteiger partial charge in [0.15, 0.2) is 0 Å². The minimum Gasteiger partial charge on any atom is -0.326 e. The SMILES string of the molecule is CC(=O)Nc1ccc(NC(=O)CC(C)=NNC(=O)c2ccc(C(C)(C)C)cc2)cc1. The van der Waals surface area contributed by atoms with Crippen LogP contribution in [0.1, 0.15) is 57.0 Å². The maximum absolute atomic E-state index is 12.2. The van der Waals surface area contributed by atoms with Crippen LogP contribution in [0.25, 0.3) is 0 Å². The van der Waals surface area contributed by atoms with Crippen LogP contribution in [-0.2, 0) is 15.0 Å². The Kier molecular flexibility index (Phi) is 7.47. The minimum absolute atomic E-state index is 0.0152. The van der Waals surface area contributed by atoms with E-state index in [-0.39, 0.29) is 29.6 Å². The van der Waals surface area contributed by atoms with E-state index in [0.29, 0.717) is 22.6 Å². The van der Waals surface area contributed by atoms with E-state index in [4.69, 9.17) is 0 Å². The number of carbonyl (C=O) groups excluding carboxylic acids is 3. The second-order valence-electron chi connectivity index (χ2n) is 8.10. The standard InChI is InChI=1S/C23H28N4O3/c1-15(14-21(29)25-20-12-10-19(11-13-20)24-16(2)28)26-27-22(30)17-6-8-18(9-7-17)23(3,4)5/h6-13H,14H2,1-5H3,(H,24,28)(H,25,29)(H,27,30). The molecule has 7 nitrogen and oxygen atoms in total. The number of hydrazone groups is 1. The Morgan fingerprint density at radius 1 is 0.833 bits per heavy atom. The van der Waals surface area contributed by atoms with Crippen molar-refractivity contribution in [2.75, 3.05) is 10.6 Å². The predicted molar refractivity (Wildman–Crippen MR) is 120 cm³/mol. The smallest absolute Gasteiger partial charge is 0.271 e. The molecule has 0 aliphatic carbocycles. The normalized spacial score (nSPS) is 11.6. The van der Waals surface area contributed by atoms with Crippen molar-refractivity contribution in [1.29, 1.82) is 0 Å². The average molecular weight is 409 g/mol. The molecule has 2 rings (SSSR count). The van der Waals surface area contributed by atoms with Crippen molar-refractivity contribution in [3.63, 3.8) is 0 Å². The molecule has 0 unspecified atom stereocenters. The van der Waals surface area contributed by atoms with E-state index in [0.717, 1.165) is 5.56 Å². The van der Waals surface area contributed by atoms with Crippen LogP contribution in [0.5, 0.6) is 0 Å². The van der Waals surface area contributed by atoms with E-state index in [1.165, 1.54) is 6.92 Å². The fraction of sp³-hybridized carbons (Fsp3) is 0.304. The number of rotatable bonds is 6. The van der Waals surface area contributed by atoms with Gasteiger partial charge >= 0.3 is 0 Å². The maximum atomic E-state index is 12.2. The molecule has 0 spiro atoms. The fourth-order valence-corrected chi connectivity index (χ4v) is 2.65. The number of amides is 3. The first-order valence-electron chi connectivity index (χ1n) is 9.66. The van der Waals surface area contributed by atoms with Gasteiger partial charge in [0.25, 0.3) is 5.91 Å². The van der Waals surface area contributed by atoms with Crippen molar-refractivity contribution in [2.45, 2.75) is 46.5 Å². The van der Waals surface area contributed by atoms with E-state index in [9.17, 15) is 14.4 Å². The van der Waals surface area contributed by atoms with E-state index in [2.05, 4.69) is 41.9 Å². The summed E-state index contributed by atoms with van der Waals surface area (Å²) < 4.78 is 0. The van der Waals surface area contributed by atoms with Crippen LogP contribution in [-0.4, -0.2) is 23.4 Å². The third-order valence-electron chi connectivity index (χ3n) is 4.27. The van der Waals surface area contributed by atoms with Crippen LogP contribution in [0.2, 0.25) is 0 Å². The molecule has 0 radical (unpaired) electrons. The Hall–Kier alpha value is -3.48. The average Bonchev–Trinajstić information content (AvgIpc) is 2.66. The van der Waals surface area contributed by atoms with Gasteiger partial charge < -0.3 is 10.6 Å². The summed E-state index contributed by atoms with van der Waals surface area (Å²) in [5.74, 6) is -0.748. The number of nitrogens with one attached hydrogen (secondary N) is 3. The van der Waals surface area contributed by atoms with E-state index in [1.54, 1.807) is 43.3 Å².